The average molecular weight is 355 g/mol. The van der Waals surface area contributed by atoms with E-state index in [0.29, 0.717) is 10.9 Å². The van der Waals surface area contributed by atoms with E-state index in [0.717, 1.165) is 28.0 Å². The van der Waals surface area contributed by atoms with Gasteiger partial charge >= 0.3 is 0 Å². The molecule has 0 aliphatic carbocycles. The van der Waals surface area contributed by atoms with Crippen LogP contribution in [0.2, 0.25) is 5.02 Å². The lowest BCUT2D eigenvalue weighted by Gasteiger charge is -2.31. The summed E-state index contributed by atoms with van der Waals surface area (Å²) in [4.78, 5) is 13.1. The summed E-state index contributed by atoms with van der Waals surface area (Å²) in [7, 11) is 0. The first-order chi connectivity index (χ1) is 10.6. The lowest BCUT2D eigenvalue weighted by Crippen LogP contribution is -2.48. The Morgan fingerprint density at radius 3 is 2.95 bits per heavy atom. The van der Waals surface area contributed by atoms with Crippen molar-refractivity contribution in [1.29, 1.82) is 0 Å². The van der Waals surface area contributed by atoms with E-state index in [-0.39, 0.29) is 11.8 Å². The largest absolute Gasteiger partial charge is 0.326 e. The summed E-state index contributed by atoms with van der Waals surface area (Å²) in [6.07, 6.45) is 0. The SMILES string of the molecule is CC(C(=O)Nc1ccc(Sc2nncs2)c(Cl)c1)C1CNC1. The van der Waals surface area contributed by atoms with Crippen LogP contribution in [0.15, 0.2) is 32.9 Å². The minimum Gasteiger partial charge on any atom is -0.326 e. The molecule has 1 atom stereocenters. The van der Waals surface area contributed by atoms with Crippen LogP contribution in [-0.2, 0) is 4.79 Å². The molecule has 1 aliphatic heterocycles. The summed E-state index contributed by atoms with van der Waals surface area (Å²) in [6, 6.07) is 5.52. The maximum absolute atomic E-state index is 12.2. The molecule has 116 valence electrons. The normalized spacial score (nSPS) is 16.1. The van der Waals surface area contributed by atoms with Crippen LogP contribution in [0.5, 0.6) is 0 Å². The fourth-order valence-corrected chi connectivity index (χ4v) is 3.83. The second kappa shape index (κ2) is 6.95. The zero-order chi connectivity index (χ0) is 15.5. The van der Waals surface area contributed by atoms with E-state index in [1.807, 2.05) is 19.1 Å². The number of nitrogens with zero attached hydrogens (tertiary/aromatic N) is 2. The highest BCUT2D eigenvalue weighted by Gasteiger charge is 2.28. The number of hydrogen-bond donors (Lipinski definition) is 2. The molecule has 0 spiro atoms. The molecule has 1 saturated heterocycles. The number of anilines is 1. The van der Waals surface area contributed by atoms with Crippen molar-refractivity contribution in [1.82, 2.24) is 15.5 Å². The van der Waals surface area contributed by atoms with Crippen LogP contribution < -0.4 is 10.6 Å². The van der Waals surface area contributed by atoms with Crippen molar-refractivity contribution in [2.45, 2.75) is 16.2 Å². The molecule has 1 amide bonds. The van der Waals surface area contributed by atoms with Gasteiger partial charge in [-0.05, 0) is 37.2 Å². The molecule has 1 fully saturated rings. The summed E-state index contributed by atoms with van der Waals surface area (Å²) in [6.45, 7) is 3.78. The molecule has 2 N–H and O–H groups in total. The van der Waals surface area contributed by atoms with Crippen LogP contribution in [-0.4, -0.2) is 29.2 Å². The Morgan fingerprint density at radius 2 is 2.36 bits per heavy atom. The molecule has 1 aromatic carbocycles. The summed E-state index contributed by atoms with van der Waals surface area (Å²) < 4.78 is 0.838. The monoisotopic (exact) mass is 354 g/mol. The Balaban J connectivity index is 1.65. The van der Waals surface area contributed by atoms with E-state index in [1.165, 1.54) is 23.1 Å². The third-order valence-corrected chi connectivity index (χ3v) is 5.95. The van der Waals surface area contributed by atoms with Gasteiger partial charge in [-0.2, -0.15) is 0 Å². The lowest BCUT2D eigenvalue weighted by atomic mass is 9.88. The molecule has 2 aromatic rings. The molecule has 8 heteroatoms. The molecule has 0 saturated carbocycles. The molecule has 1 unspecified atom stereocenters. The zero-order valence-electron chi connectivity index (χ0n) is 11.9. The quantitative estimate of drug-likeness (QED) is 0.863. The van der Waals surface area contributed by atoms with E-state index in [4.69, 9.17) is 11.6 Å². The van der Waals surface area contributed by atoms with Gasteiger partial charge in [0.25, 0.3) is 0 Å². The summed E-state index contributed by atoms with van der Waals surface area (Å²) >= 11 is 9.21. The lowest BCUT2D eigenvalue weighted by molar-refractivity contribution is -0.121. The van der Waals surface area contributed by atoms with Crippen molar-refractivity contribution < 1.29 is 4.79 Å². The first-order valence-corrected chi connectivity index (χ1v) is 8.96. The van der Waals surface area contributed by atoms with Crippen LogP contribution in [0.1, 0.15) is 6.92 Å². The number of rotatable bonds is 5. The Hall–Kier alpha value is -1.15. The van der Waals surface area contributed by atoms with Crippen molar-refractivity contribution in [3.8, 4) is 0 Å². The summed E-state index contributed by atoms with van der Waals surface area (Å²) in [5.41, 5.74) is 2.40. The number of carbonyl (C=O) groups is 1. The predicted molar refractivity (Wildman–Crippen MR) is 89.6 cm³/mol. The molecule has 22 heavy (non-hydrogen) atoms. The van der Waals surface area contributed by atoms with Crippen LogP contribution in [0.3, 0.4) is 0 Å². The Labute approximate surface area is 141 Å². The molecule has 2 heterocycles. The molecule has 3 rings (SSSR count). The van der Waals surface area contributed by atoms with Gasteiger partial charge in [0.05, 0.1) is 5.02 Å². The number of aromatic nitrogens is 2. The van der Waals surface area contributed by atoms with Crippen molar-refractivity contribution in [2.75, 3.05) is 18.4 Å². The highest BCUT2D eigenvalue weighted by Crippen LogP contribution is 2.35. The van der Waals surface area contributed by atoms with Gasteiger partial charge in [0.2, 0.25) is 5.91 Å². The van der Waals surface area contributed by atoms with Gasteiger partial charge in [0.1, 0.15) is 5.51 Å². The first kappa shape index (κ1) is 15.7. The second-order valence-electron chi connectivity index (χ2n) is 5.15. The third-order valence-electron chi connectivity index (χ3n) is 3.67. The molecular formula is C14H15ClN4OS2. The average Bonchev–Trinajstić information content (AvgIpc) is 2.93. The fourth-order valence-electron chi connectivity index (χ4n) is 2.10. The number of halogens is 1. The Bertz CT molecular complexity index is 661. The number of hydrogen-bond acceptors (Lipinski definition) is 6. The molecule has 0 radical (unpaired) electrons. The maximum atomic E-state index is 12.2. The van der Waals surface area contributed by atoms with Gasteiger partial charge in [0, 0.05) is 16.5 Å². The fraction of sp³-hybridized carbons (Fsp3) is 0.357. The van der Waals surface area contributed by atoms with E-state index in [9.17, 15) is 4.79 Å². The van der Waals surface area contributed by atoms with Crippen molar-refractivity contribution >= 4 is 46.3 Å². The molecule has 1 aromatic heterocycles. The third kappa shape index (κ3) is 3.60. The number of nitrogens with one attached hydrogen (secondary N) is 2. The minimum absolute atomic E-state index is 0.00419. The highest BCUT2D eigenvalue weighted by molar-refractivity contribution is 8.01. The van der Waals surface area contributed by atoms with E-state index in [1.54, 1.807) is 11.6 Å². The Kier molecular flexibility index (Phi) is 4.97. The topological polar surface area (TPSA) is 66.9 Å². The van der Waals surface area contributed by atoms with Crippen LogP contribution in [0.4, 0.5) is 5.69 Å². The Morgan fingerprint density at radius 1 is 1.55 bits per heavy atom. The highest BCUT2D eigenvalue weighted by atomic mass is 35.5. The molecule has 5 nitrogen and oxygen atoms in total. The van der Waals surface area contributed by atoms with Gasteiger partial charge in [-0.1, -0.05) is 41.6 Å². The van der Waals surface area contributed by atoms with Gasteiger partial charge in [-0.15, -0.1) is 10.2 Å². The molecule has 1 aliphatic rings. The van der Waals surface area contributed by atoms with E-state index in [2.05, 4.69) is 20.8 Å². The van der Waals surface area contributed by atoms with Gasteiger partial charge in [-0.25, -0.2) is 0 Å². The van der Waals surface area contributed by atoms with Crippen LogP contribution in [0.25, 0.3) is 0 Å². The van der Waals surface area contributed by atoms with E-state index < -0.39 is 0 Å². The maximum Gasteiger partial charge on any atom is 0.227 e. The van der Waals surface area contributed by atoms with Crippen LogP contribution >= 0.6 is 34.7 Å². The van der Waals surface area contributed by atoms with Crippen molar-refractivity contribution in [2.24, 2.45) is 11.8 Å². The number of carbonyl (C=O) groups excluding carboxylic acids is 1. The van der Waals surface area contributed by atoms with Gasteiger partial charge in [-0.3, -0.25) is 4.79 Å². The van der Waals surface area contributed by atoms with Crippen LogP contribution in [0, 0.1) is 11.8 Å². The predicted octanol–water partition coefficient (Wildman–Crippen LogP) is 3.14. The van der Waals surface area contributed by atoms with Crippen molar-refractivity contribution in [3.05, 3.63) is 28.7 Å². The standard InChI is InChI=1S/C14H15ClN4OS2/c1-8(9-5-16-6-9)13(20)18-10-2-3-12(11(15)4-10)22-14-19-17-7-21-14/h2-4,7-9,16H,5-6H2,1H3,(H,18,20). The smallest absolute Gasteiger partial charge is 0.227 e. The molecule has 0 bridgehead atoms. The number of amides is 1. The molecular weight excluding hydrogens is 340 g/mol. The van der Waals surface area contributed by atoms with E-state index >= 15 is 0 Å². The number of benzene rings is 1. The van der Waals surface area contributed by atoms with Crippen molar-refractivity contribution in [3.63, 3.8) is 0 Å². The second-order valence-corrected chi connectivity index (χ2v) is 7.68. The summed E-state index contributed by atoms with van der Waals surface area (Å²) in [5.74, 6) is 0.449. The zero-order valence-corrected chi connectivity index (χ0v) is 14.3. The van der Waals surface area contributed by atoms with Gasteiger partial charge < -0.3 is 10.6 Å². The minimum atomic E-state index is -0.00419. The van der Waals surface area contributed by atoms with Gasteiger partial charge in [0.15, 0.2) is 4.34 Å². The summed E-state index contributed by atoms with van der Waals surface area (Å²) in [5, 5.41) is 14.5. The first-order valence-electron chi connectivity index (χ1n) is 6.88.